The van der Waals surface area contributed by atoms with E-state index in [2.05, 4.69) is 0 Å². The minimum Gasteiger partial charge on any atom is -0.460 e. The second kappa shape index (κ2) is 24.3. The van der Waals surface area contributed by atoms with E-state index in [9.17, 15) is 38.8 Å². The Morgan fingerprint density at radius 2 is 1.57 bits per heavy atom. The number of piperidine rings is 1. The van der Waals surface area contributed by atoms with Crippen LogP contribution >= 0.6 is 7.37 Å². The molecule has 2 N–H and O–H groups in total. The number of methoxy groups -OCH3 is 3. The molecule has 0 aromatic heterocycles. The third kappa shape index (κ3) is 13.6. The fourth-order valence-electron chi connectivity index (χ4n) is 11.4. The molecule has 16 atom stereocenters. The average molecular weight is 974 g/mol. The van der Waals surface area contributed by atoms with Gasteiger partial charge in [0.1, 0.15) is 30.1 Å². The SMILES string of the molecule is COC1CC(C[C@@H]2C3CC(=O)C(C)/C=C(\C)C(O)[C@@H](OC)C(=O)C(C)CC(C)/C=C/C=C/C=C(\C)[C@@H](OC)C[C@@H]4CCC(C)C(O)(O4)C(=O)C(=O)N4CCCC2C4C(=O)O3)CC[C@H]1OP(C)(C)=O. The number of ketones is 3. The molecule has 0 aromatic carbocycles. The summed E-state index contributed by atoms with van der Waals surface area (Å²) >= 11 is 0. The Morgan fingerprint density at radius 1 is 0.853 bits per heavy atom. The maximum absolute atomic E-state index is 14.5. The van der Waals surface area contributed by atoms with E-state index in [0.717, 1.165) is 5.57 Å². The van der Waals surface area contributed by atoms with Crippen molar-refractivity contribution >= 4 is 36.6 Å². The molecule has 1 aliphatic carbocycles. The number of carbonyl (C=O) groups is 5. The number of carbonyl (C=O) groups excluding carboxylic acids is 5. The second-order valence-corrected chi connectivity index (χ2v) is 23.6. The van der Waals surface area contributed by atoms with Gasteiger partial charge in [-0.25, -0.2) is 4.79 Å². The molecule has 0 spiro atoms. The molecule has 16 heteroatoms. The molecule has 4 aliphatic heterocycles. The third-order valence-electron chi connectivity index (χ3n) is 15.3. The molecular weight excluding hydrogens is 894 g/mol. The highest BCUT2D eigenvalue weighted by Crippen LogP contribution is 2.48. The molecule has 11 unspecified atom stereocenters. The zero-order valence-electron chi connectivity index (χ0n) is 42.3. The van der Waals surface area contributed by atoms with E-state index in [1.54, 1.807) is 54.4 Å². The van der Waals surface area contributed by atoms with Crippen LogP contribution in [0.5, 0.6) is 0 Å². The van der Waals surface area contributed by atoms with Gasteiger partial charge < -0.3 is 43.3 Å². The van der Waals surface area contributed by atoms with Crippen LogP contribution in [0.2, 0.25) is 0 Å². The Morgan fingerprint density at radius 3 is 2.24 bits per heavy atom. The second-order valence-electron chi connectivity index (χ2n) is 20.8. The van der Waals surface area contributed by atoms with Gasteiger partial charge in [0.2, 0.25) is 5.79 Å². The predicted molar refractivity (Wildman–Crippen MR) is 257 cm³/mol. The van der Waals surface area contributed by atoms with Gasteiger partial charge in [-0.2, -0.15) is 0 Å². The number of hydrogen-bond acceptors (Lipinski definition) is 14. The first kappa shape index (κ1) is 55.8. The lowest BCUT2D eigenvalue weighted by molar-refractivity contribution is -0.266. The Balaban J connectivity index is 1.51. The van der Waals surface area contributed by atoms with Crippen molar-refractivity contribution in [3.05, 3.63) is 47.6 Å². The fourth-order valence-corrected chi connectivity index (χ4v) is 12.2. The van der Waals surface area contributed by atoms with Gasteiger partial charge in [0.05, 0.1) is 24.4 Å². The summed E-state index contributed by atoms with van der Waals surface area (Å²) in [5.41, 5.74) is 1.27. The molecule has 0 radical (unpaired) electrons. The molecule has 68 heavy (non-hydrogen) atoms. The fraction of sp³-hybridized carbons (Fsp3) is 0.750. The first-order valence-corrected chi connectivity index (χ1v) is 27.3. The van der Waals surface area contributed by atoms with Crippen molar-refractivity contribution in [1.82, 2.24) is 4.90 Å². The Hall–Kier alpha value is -3.14. The highest BCUT2D eigenvalue weighted by atomic mass is 31.2. The van der Waals surface area contributed by atoms with E-state index in [0.29, 0.717) is 69.8 Å². The Kier molecular flexibility index (Phi) is 20.0. The van der Waals surface area contributed by atoms with Crippen molar-refractivity contribution in [2.24, 2.45) is 41.4 Å². The molecule has 1 saturated carbocycles. The standard InChI is InChI=1S/C52H80NO14P/c1-30-16-13-12-14-17-31(2)42(62-7)28-37-21-19-35(6)52(60,66-37)49(57)50(58)53-23-15-18-38-39(26-36-20-22-41(44(27-36)63-8)67-68(10,11)61)43(65-51(59)45(38)53)29-40(54)32(3)25-34(5)47(56)48(64-9)46(55)33(4)24-30/h12-14,16-17,25,30,32-33,35-39,41-45,47-48,56,60H,15,18-24,26-29H2,1-11H3/b14-12+,16-13+,31-17+,34-25+/t30?,32?,33?,35?,36?,37-,38?,39-,41+,42-,43?,44?,45?,47?,48-,52?/m0/s1. The summed E-state index contributed by atoms with van der Waals surface area (Å²) < 4.78 is 48.4. The van der Waals surface area contributed by atoms with E-state index >= 15 is 0 Å². The van der Waals surface area contributed by atoms with E-state index in [1.165, 1.54) is 12.0 Å². The van der Waals surface area contributed by atoms with Crippen LogP contribution in [0, 0.1) is 41.4 Å². The first-order valence-electron chi connectivity index (χ1n) is 24.8. The number of amides is 1. The number of aliphatic hydroxyl groups is 2. The van der Waals surface area contributed by atoms with Crippen LogP contribution in [0.3, 0.4) is 0 Å². The maximum atomic E-state index is 14.5. The summed E-state index contributed by atoms with van der Waals surface area (Å²) in [5, 5.41) is 23.6. The number of nitrogens with zero attached hydrogens (tertiary/aromatic N) is 1. The molecule has 6 bridgehead atoms. The Labute approximate surface area is 404 Å². The van der Waals surface area contributed by atoms with E-state index in [-0.39, 0.29) is 48.6 Å². The van der Waals surface area contributed by atoms with Crippen LogP contribution in [-0.2, 0) is 56.7 Å². The molecule has 382 valence electrons. The lowest BCUT2D eigenvalue weighted by Gasteiger charge is -2.50. The van der Waals surface area contributed by atoms with Gasteiger partial charge in [-0.15, -0.1) is 0 Å². The third-order valence-corrected chi connectivity index (χ3v) is 16.1. The monoisotopic (exact) mass is 974 g/mol. The number of aliphatic hydroxyl groups excluding tert-OH is 1. The molecule has 4 fully saturated rings. The van der Waals surface area contributed by atoms with E-state index < -0.39 is 97.0 Å². The molecule has 15 nitrogen and oxygen atoms in total. The quantitative estimate of drug-likeness (QED) is 0.115. The average Bonchev–Trinajstić information content (AvgIpc) is 3.29. The molecule has 0 aromatic rings. The summed E-state index contributed by atoms with van der Waals surface area (Å²) in [5.74, 6) is -8.61. The van der Waals surface area contributed by atoms with E-state index in [4.69, 9.17) is 28.2 Å². The van der Waals surface area contributed by atoms with Crippen LogP contribution in [0.1, 0.15) is 112 Å². The highest BCUT2D eigenvalue weighted by Gasteiger charge is 2.57. The van der Waals surface area contributed by atoms with Crippen molar-refractivity contribution in [2.75, 3.05) is 41.2 Å². The van der Waals surface area contributed by atoms with Crippen LogP contribution in [0.15, 0.2) is 47.6 Å². The number of ether oxygens (including phenoxy) is 5. The smallest absolute Gasteiger partial charge is 0.329 e. The molecule has 3 saturated heterocycles. The summed E-state index contributed by atoms with van der Waals surface area (Å²) in [6.07, 6.45) is 11.0. The summed E-state index contributed by atoms with van der Waals surface area (Å²) in [7, 11) is 1.73. The number of Topliss-reactive ketones (excluding diaryl/α,β-unsaturated/α-hetero) is 3. The first-order chi connectivity index (χ1) is 32.0. The predicted octanol–water partition coefficient (Wildman–Crippen LogP) is 6.96. The minimum atomic E-state index is -2.82. The summed E-state index contributed by atoms with van der Waals surface area (Å²) in [4.78, 5) is 72.5. The molecule has 5 aliphatic rings. The number of allylic oxidation sites excluding steroid dienone is 6. The minimum absolute atomic E-state index is 0.0155. The molecular formula is C52H80NO14P. The van der Waals surface area contributed by atoms with Gasteiger partial charge in [-0.05, 0) is 101 Å². The van der Waals surface area contributed by atoms with Gasteiger partial charge in [0.25, 0.3) is 11.7 Å². The van der Waals surface area contributed by atoms with Crippen LogP contribution in [-0.4, -0.2) is 140 Å². The molecule has 4 heterocycles. The van der Waals surface area contributed by atoms with Crippen molar-refractivity contribution in [1.29, 1.82) is 0 Å². The van der Waals surface area contributed by atoms with Gasteiger partial charge in [0.15, 0.2) is 13.2 Å². The van der Waals surface area contributed by atoms with Crippen LogP contribution in [0.4, 0.5) is 0 Å². The number of esters is 1. The molecule has 1 amide bonds. The Bertz CT molecular complexity index is 1970. The van der Waals surface area contributed by atoms with Gasteiger partial charge in [0, 0.05) is 77.7 Å². The maximum Gasteiger partial charge on any atom is 0.329 e. The van der Waals surface area contributed by atoms with Gasteiger partial charge in [-0.1, -0.05) is 64.2 Å². The molecule has 5 rings (SSSR count). The van der Waals surface area contributed by atoms with Gasteiger partial charge >= 0.3 is 5.97 Å². The van der Waals surface area contributed by atoms with Crippen molar-refractivity contribution < 1.29 is 67.0 Å². The van der Waals surface area contributed by atoms with Crippen molar-refractivity contribution in [3.63, 3.8) is 0 Å². The zero-order chi connectivity index (χ0) is 50.2. The zero-order valence-corrected chi connectivity index (χ0v) is 43.2. The van der Waals surface area contributed by atoms with Crippen molar-refractivity contribution in [3.8, 4) is 0 Å². The lowest BCUT2D eigenvalue weighted by Crippen LogP contribution is -2.65. The normalized spacial score (nSPS) is 41.6. The van der Waals surface area contributed by atoms with Gasteiger partial charge in [-0.3, -0.25) is 23.7 Å². The summed E-state index contributed by atoms with van der Waals surface area (Å²) in [6, 6.07) is -1.15. The highest BCUT2D eigenvalue weighted by molar-refractivity contribution is 7.57. The largest absolute Gasteiger partial charge is 0.460 e. The number of rotatable bonds is 7. The number of fused-ring (bicyclic) bond motifs is 3. The van der Waals surface area contributed by atoms with E-state index in [1.807, 2.05) is 51.2 Å². The topological polar surface area (TPSA) is 202 Å². The van der Waals surface area contributed by atoms with Crippen molar-refractivity contribution in [2.45, 2.75) is 167 Å². The summed E-state index contributed by atoms with van der Waals surface area (Å²) in [6.45, 7) is 14.0. The lowest BCUT2D eigenvalue weighted by atomic mass is 9.68. The van der Waals surface area contributed by atoms with Crippen LogP contribution < -0.4 is 0 Å². The van der Waals surface area contributed by atoms with Crippen LogP contribution in [0.25, 0.3) is 0 Å². The number of hydrogen-bond donors (Lipinski definition) is 2.